The SMILES string of the molecule is CCNCCNc1ccc(-c2cncc(F)c2)nc1C1CCN(c2ncnc(N)c2C(C)(C)C(C)=O)CC1. The van der Waals surface area contributed by atoms with Gasteiger partial charge in [0.1, 0.15) is 29.6 Å². The highest BCUT2D eigenvalue weighted by molar-refractivity contribution is 5.90. The molecule has 0 radical (unpaired) electrons. The molecule has 10 heteroatoms. The summed E-state index contributed by atoms with van der Waals surface area (Å²) in [5.41, 5.74) is 9.43. The van der Waals surface area contributed by atoms with Gasteiger partial charge < -0.3 is 21.3 Å². The van der Waals surface area contributed by atoms with E-state index in [1.807, 2.05) is 26.0 Å². The number of likely N-dealkylation sites (N-methyl/N-ethyl adjacent to an activating group) is 1. The second kappa shape index (κ2) is 11.8. The first-order chi connectivity index (χ1) is 18.2. The van der Waals surface area contributed by atoms with Gasteiger partial charge in [-0.25, -0.2) is 14.4 Å². The molecule has 9 nitrogen and oxygen atoms in total. The Morgan fingerprint density at radius 3 is 2.63 bits per heavy atom. The summed E-state index contributed by atoms with van der Waals surface area (Å²) >= 11 is 0. The topological polar surface area (TPSA) is 122 Å². The van der Waals surface area contributed by atoms with Crippen LogP contribution in [0.5, 0.6) is 0 Å². The molecule has 0 aliphatic carbocycles. The lowest BCUT2D eigenvalue weighted by Gasteiger charge is -2.36. The molecule has 3 aromatic heterocycles. The molecule has 0 atom stereocenters. The molecule has 1 aliphatic rings. The third-order valence-corrected chi connectivity index (χ3v) is 7.34. The molecule has 1 fully saturated rings. The molecular formula is C28H37FN8O. The van der Waals surface area contributed by atoms with Gasteiger partial charge >= 0.3 is 0 Å². The van der Waals surface area contributed by atoms with Gasteiger partial charge in [-0.05, 0) is 58.4 Å². The van der Waals surface area contributed by atoms with E-state index in [0.717, 1.165) is 56.9 Å². The monoisotopic (exact) mass is 520 g/mol. The Labute approximate surface area is 223 Å². The van der Waals surface area contributed by atoms with Crippen molar-refractivity contribution in [1.82, 2.24) is 25.3 Å². The van der Waals surface area contributed by atoms with E-state index in [1.165, 1.54) is 18.6 Å². The number of halogens is 1. The van der Waals surface area contributed by atoms with E-state index in [9.17, 15) is 9.18 Å². The van der Waals surface area contributed by atoms with E-state index in [2.05, 4.69) is 37.4 Å². The minimum absolute atomic E-state index is 0.0104. The minimum Gasteiger partial charge on any atom is -0.383 e. The number of piperidine rings is 1. The van der Waals surface area contributed by atoms with Crippen LogP contribution in [0.1, 0.15) is 57.7 Å². The highest BCUT2D eigenvalue weighted by atomic mass is 19.1. The molecule has 1 aliphatic heterocycles. The minimum atomic E-state index is -0.796. The quantitative estimate of drug-likeness (QED) is 0.341. The Balaban J connectivity index is 1.60. The van der Waals surface area contributed by atoms with Crippen molar-refractivity contribution in [3.8, 4) is 11.3 Å². The van der Waals surface area contributed by atoms with Crippen molar-refractivity contribution in [3.05, 3.63) is 54.0 Å². The Morgan fingerprint density at radius 1 is 1.18 bits per heavy atom. The van der Waals surface area contributed by atoms with Crippen LogP contribution in [0.2, 0.25) is 0 Å². The van der Waals surface area contributed by atoms with Crippen LogP contribution in [0, 0.1) is 5.82 Å². The smallest absolute Gasteiger partial charge is 0.142 e. The van der Waals surface area contributed by atoms with Crippen LogP contribution in [0.3, 0.4) is 0 Å². The number of pyridine rings is 2. The van der Waals surface area contributed by atoms with Crippen molar-refractivity contribution in [2.75, 3.05) is 48.7 Å². The van der Waals surface area contributed by atoms with Crippen LogP contribution in [-0.2, 0) is 10.2 Å². The predicted molar refractivity (Wildman–Crippen MR) is 149 cm³/mol. The van der Waals surface area contributed by atoms with Crippen LogP contribution in [0.4, 0.5) is 21.7 Å². The van der Waals surface area contributed by atoms with Gasteiger partial charge in [-0.3, -0.25) is 14.8 Å². The lowest BCUT2D eigenvalue weighted by atomic mass is 9.80. The Kier molecular flexibility index (Phi) is 8.51. The molecule has 4 rings (SSSR count). The number of aromatic nitrogens is 4. The molecule has 4 heterocycles. The van der Waals surface area contributed by atoms with Crippen molar-refractivity contribution in [2.24, 2.45) is 0 Å². The number of rotatable bonds is 10. The maximum Gasteiger partial charge on any atom is 0.142 e. The Hall–Kier alpha value is -3.66. The van der Waals surface area contributed by atoms with Crippen molar-refractivity contribution in [1.29, 1.82) is 0 Å². The molecule has 38 heavy (non-hydrogen) atoms. The van der Waals surface area contributed by atoms with E-state index >= 15 is 0 Å². The number of Topliss-reactive ketones (excluding diaryl/α,β-unsaturated/α-hetero) is 1. The number of hydrogen-bond acceptors (Lipinski definition) is 9. The summed E-state index contributed by atoms with van der Waals surface area (Å²) in [4.78, 5) is 32.4. The van der Waals surface area contributed by atoms with Crippen LogP contribution < -0.4 is 21.3 Å². The average molecular weight is 521 g/mol. The fraction of sp³-hybridized carbons (Fsp3) is 0.464. The molecule has 0 spiro atoms. The van der Waals surface area contributed by atoms with Crippen molar-refractivity contribution in [3.63, 3.8) is 0 Å². The zero-order valence-electron chi connectivity index (χ0n) is 22.6. The number of nitrogens with zero attached hydrogens (tertiary/aromatic N) is 5. The van der Waals surface area contributed by atoms with E-state index in [1.54, 1.807) is 13.1 Å². The number of carbonyl (C=O) groups is 1. The first-order valence-corrected chi connectivity index (χ1v) is 13.2. The van der Waals surface area contributed by atoms with Gasteiger partial charge in [-0.15, -0.1) is 0 Å². The number of anilines is 3. The second-order valence-corrected chi connectivity index (χ2v) is 10.2. The molecule has 0 amide bonds. The summed E-state index contributed by atoms with van der Waals surface area (Å²) in [5, 5.41) is 6.85. The summed E-state index contributed by atoms with van der Waals surface area (Å²) in [7, 11) is 0. The van der Waals surface area contributed by atoms with Gasteiger partial charge in [-0.2, -0.15) is 0 Å². The Morgan fingerprint density at radius 2 is 1.95 bits per heavy atom. The maximum atomic E-state index is 13.9. The van der Waals surface area contributed by atoms with E-state index in [-0.39, 0.29) is 17.5 Å². The van der Waals surface area contributed by atoms with Gasteiger partial charge in [-0.1, -0.05) is 6.92 Å². The molecule has 1 saturated heterocycles. The average Bonchev–Trinajstić information content (AvgIpc) is 2.91. The fourth-order valence-corrected chi connectivity index (χ4v) is 4.88. The van der Waals surface area contributed by atoms with Crippen molar-refractivity contribution < 1.29 is 9.18 Å². The number of ketones is 1. The number of nitrogen functional groups attached to an aromatic ring is 1. The highest BCUT2D eigenvalue weighted by Gasteiger charge is 2.35. The van der Waals surface area contributed by atoms with Crippen LogP contribution in [-0.4, -0.2) is 58.4 Å². The number of nitrogens with one attached hydrogen (secondary N) is 2. The maximum absolute atomic E-state index is 13.9. The van der Waals surface area contributed by atoms with E-state index < -0.39 is 5.41 Å². The van der Waals surface area contributed by atoms with Crippen LogP contribution in [0.15, 0.2) is 36.9 Å². The molecule has 3 aromatic rings. The number of carbonyl (C=O) groups excluding carboxylic acids is 1. The zero-order chi connectivity index (χ0) is 27.3. The summed E-state index contributed by atoms with van der Waals surface area (Å²) in [5.74, 6) is 0.865. The first-order valence-electron chi connectivity index (χ1n) is 13.2. The lowest BCUT2D eigenvalue weighted by molar-refractivity contribution is -0.121. The van der Waals surface area contributed by atoms with Crippen molar-refractivity contribution in [2.45, 2.75) is 51.9 Å². The Bertz CT molecular complexity index is 1270. The molecule has 0 bridgehead atoms. The number of hydrogen-bond donors (Lipinski definition) is 3. The molecule has 0 saturated carbocycles. The molecule has 0 aromatic carbocycles. The molecule has 0 unspecified atom stereocenters. The standard InChI is InChI=1S/C28H37FN8O/c1-5-31-10-11-33-23-7-6-22(20-14-21(29)16-32-15-20)36-25(23)19-8-12-37(13-9-19)27-24(26(30)34-17-35-27)28(3,4)18(2)38/h6-7,14-17,19,31,33H,5,8-13H2,1-4H3,(H2,30,34,35). The second-order valence-electron chi connectivity index (χ2n) is 10.2. The third kappa shape index (κ3) is 5.91. The normalized spacial score (nSPS) is 14.5. The summed E-state index contributed by atoms with van der Waals surface area (Å²) < 4.78 is 13.9. The molecule has 202 valence electrons. The van der Waals surface area contributed by atoms with Crippen LogP contribution in [0.25, 0.3) is 11.3 Å². The van der Waals surface area contributed by atoms with Gasteiger partial charge in [0.2, 0.25) is 0 Å². The molecule has 4 N–H and O–H groups in total. The van der Waals surface area contributed by atoms with Gasteiger partial charge in [0.05, 0.1) is 28.7 Å². The van der Waals surface area contributed by atoms with Gasteiger partial charge in [0, 0.05) is 49.4 Å². The summed E-state index contributed by atoms with van der Waals surface area (Å²) in [6.07, 6.45) is 5.96. The fourth-order valence-electron chi connectivity index (χ4n) is 4.88. The van der Waals surface area contributed by atoms with Gasteiger partial charge in [0.15, 0.2) is 0 Å². The summed E-state index contributed by atoms with van der Waals surface area (Å²) in [6, 6.07) is 5.39. The highest BCUT2D eigenvalue weighted by Crippen LogP contribution is 2.39. The van der Waals surface area contributed by atoms with Crippen LogP contribution >= 0.6 is 0 Å². The predicted octanol–water partition coefficient (Wildman–Crippen LogP) is 3.93. The van der Waals surface area contributed by atoms with Gasteiger partial charge in [0.25, 0.3) is 0 Å². The first kappa shape index (κ1) is 27.4. The third-order valence-electron chi connectivity index (χ3n) is 7.34. The molecular weight excluding hydrogens is 483 g/mol. The summed E-state index contributed by atoms with van der Waals surface area (Å²) in [6.45, 7) is 11.4. The lowest BCUT2D eigenvalue weighted by Crippen LogP contribution is -2.38. The zero-order valence-corrected chi connectivity index (χ0v) is 22.6. The van der Waals surface area contributed by atoms with E-state index in [0.29, 0.717) is 28.5 Å². The largest absolute Gasteiger partial charge is 0.383 e. The number of nitrogens with two attached hydrogens (primary N) is 1. The van der Waals surface area contributed by atoms with E-state index in [4.69, 9.17) is 10.7 Å². The van der Waals surface area contributed by atoms with Crippen molar-refractivity contribution >= 4 is 23.1 Å².